The smallest absolute Gasteiger partial charge is 0.150 e. The van der Waals surface area contributed by atoms with Crippen LogP contribution in [-0.4, -0.2) is 27.2 Å². The molecule has 0 aromatic carbocycles. The molecule has 1 aliphatic rings. The lowest BCUT2D eigenvalue weighted by molar-refractivity contribution is 0.169. The van der Waals surface area contributed by atoms with Gasteiger partial charge in [0.1, 0.15) is 0 Å². The van der Waals surface area contributed by atoms with E-state index in [-0.39, 0.29) is 18.2 Å². The van der Waals surface area contributed by atoms with Crippen molar-refractivity contribution in [3.8, 4) is 0 Å². The molecule has 1 aliphatic heterocycles. The van der Waals surface area contributed by atoms with E-state index < -0.39 is 0 Å². The van der Waals surface area contributed by atoms with Crippen molar-refractivity contribution in [2.45, 2.75) is 26.4 Å². The number of aliphatic hydroxyl groups is 1. The molecule has 1 aromatic heterocycles. The first-order valence-electron chi connectivity index (χ1n) is 5.49. The van der Waals surface area contributed by atoms with Crippen molar-refractivity contribution in [1.29, 1.82) is 0 Å². The van der Waals surface area contributed by atoms with Gasteiger partial charge in [0.15, 0.2) is 6.17 Å². The number of allylic oxidation sites excluding steroid dienone is 1. The predicted molar refractivity (Wildman–Crippen MR) is 63.3 cm³/mol. The zero-order valence-corrected chi connectivity index (χ0v) is 9.67. The third-order valence-electron chi connectivity index (χ3n) is 3.05. The quantitative estimate of drug-likeness (QED) is 0.842. The van der Waals surface area contributed by atoms with Crippen LogP contribution in [0.2, 0.25) is 0 Å². The molecule has 4 nitrogen and oxygen atoms in total. The molecule has 2 rings (SSSR count). The van der Waals surface area contributed by atoms with Crippen molar-refractivity contribution < 1.29 is 5.11 Å². The van der Waals surface area contributed by atoms with Crippen molar-refractivity contribution in [2.75, 3.05) is 6.61 Å². The van der Waals surface area contributed by atoms with Crippen LogP contribution in [0.1, 0.15) is 26.4 Å². The summed E-state index contributed by atoms with van der Waals surface area (Å²) in [5, 5.41) is 13.4. The van der Waals surface area contributed by atoms with Crippen LogP contribution in [0.4, 0.5) is 0 Å². The second-order valence-electron chi connectivity index (χ2n) is 4.44. The van der Waals surface area contributed by atoms with Crippen LogP contribution < -0.4 is 0 Å². The molecule has 1 aromatic rings. The fourth-order valence-electron chi connectivity index (χ4n) is 2.02. The Morgan fingerprint density at radius 2 is 2.38 bits per heavy atom. The second kappa shape index (κ2) is 4.22. The average Bonchev–Trinajstić information content (AvgIpc) is 2.75. The zero-order valence-electron chi connectivity index (χ0n) is 9.67. The van der Waals surface area contributed by atoms with Gasteiger partial charge in [-0.05, 0) is 25.5 Å². The van der Waals surface area contributed by atoms with Crippen LogP contribution in [0, 0.1) is 5.41 Å². The lowest BCUT2D eigenvalue weighted by Crippen LogP contribution is -2.31. The third-order valence-corrected chi connectivity index (χ3v) is 3.05. The van der Waals surface area contributed by atoms with Crippen molar-refractivity contribution in [3.05, 3.63) is 30.6 Å². The topological polar surface area (TPSA) is 50.4 Å². The Kier molecular flexibility index (Phi) is 2.92. The van der Waals surface area contributed by atoms with Crippen LogP contribution in [-0.2, 0) is 0 Å². The van der Waals surface area contributed by atoms with Crippen LogP contribution in [0.25, 0.3) is 0 Å². The van der Waals surface area contributed by atoms with Crippen LogP contribution in [0.3, 0.4) is 0 Å². The molecule has 4 heteroatoms. The van der Waals surface area contributed by atoms with E-state index >= 15 is 0 Å². The molecule has 0 saturated carbocycles. The third kappa shape index (κ3) is 1.93. The Labute approximate surface area is 95.3 Å². The maximum Gasteiger partial charge on any atom is 0.150 e. The number of aliphatic hydroxyl groups excluding tert-OH is 1. The molecule has 0 fully saturated rings. The highest BCUT2D eigenvalue weighted by Crippen LogP contribution is 2.39. The number of aromatic nitrogens is 2. The first-order chi connectivity index (χ1) is 7.65. The lowest BCUT2D eigenvalue weighted by Gasteiger charge is -2.34. The minimum Gasteiger partial charge on any atom is -0.396 e. The van der Waals surface area contributed by atoms with Gasteiger partial charge in [0.2, 0.25) is 0 Å². The maximum absolute atomic E-state index is 9.15. The molecule has 0 saturated heterocycles. The molecule has 1 N–H and O–H groups in total. The Balaban J connectivity index is 2.35. The SMILES string of the molecule is CC1=NC(n2cccn2)C(C)(CCO)C=C1. The standard InChI is InChI=1S/C12H17N3O/c1-10-4-5-12(2,6-9-16)11(14-10)15-8-3-7-13-15/h3-5,7-8,11,16H,6,9H2,1-2H3. The summed E-state index contributed by atoms with van der Waals surface area (Å²) in [5.41, 5.74) is 0.830. The molecule has 0 bridgehead atoms. The summed E-state index contributed by atoms with van der Waals surface area (Å²) >= 11 is 0. The summed E-state index contributed by atoms with van der Waals surface area (Å²) in [7, 11) is 0. The average molecular weight is 219 g/mol. The van der Waals surface area contributed by atoms with Gasteiger partial charge in [0, 0.05) is 30.1 Å². The van der Waals surface area contributed by atoms with Gasteiger partial charge in [0.05, 0.1) is 0 Å². The van der Waals surface area contributed by atoms with E-state index in [2.05, 4.69) is 23.1 Å². The van der Waals surface area contributed by atoms with Gasteiger partial charge in [-0.1, -0.05) is 13.0 Å². The van der Waals surface area contributed by atoms with Crippen LogP contribution >= 0.6 is 0 Å². The molecule has 0 amide bonds. The van der Waals surface area contributed by atoms with Gasteiger partial charge in [-0.25, -0.2) is 4.68 Å². The molecule has 86 valence electrons. The monoisotopic (exact) mass is 219 g/mol. The van der Waals surface area contributed by atoms with Gasteiger partial charge in [-0.3, -0.25) is 4.99 Å². The van der Waals surface area contributed by atoms with Crippen LogP contribution in [0.5, 0.6) is 0 Å². The molecule has 0 spiro atoms. The van der Waals surface area contributed by atoms with E-state index in [0.29, 0.717) is 6.42 Å². The largest absolute Gasteiger partial charge is 0.396 e. The highest BCUT2D eigenvalue weighted by Gasteiger charge is 2.34. The highest BCUT2D eigenvalue weighted by molar-refractivity contribution is 5.93. The van der Waals surface area contributed by atoms with E-state index in [0.717, 1.165) is 5.71 Å². The van der Waals surface area contributed by atoms with E-state index in [1.807, 2.05) is 29.9 Å². The van der Waals surface area contributed by atoms with Gasteiger partial charge >= 0.3 is 0 Å². The highest BCUT2D eigenvalue weighted by atomic mass is 16.3. The Morgan fingerprint density at radius 3 is 3.00 bits per heavy atom. The van der Waals surface area contributed by atoms with Gasteiger partial charge in [-0.2, -0.15) is 5.10 Å². The fraction of sp³-hybridized carbons (Fsp3) is 0.500. The number of rotatable bonds is 3. The van der Waals surface area contributed by atoms with Gasteiger partial charge in [-0.15, -0.1) is 0 Å². The summed E-state index contributed by atoms with van der Waals surface area (Å²) in [4.78, 5) is 4.62. The summed E-state index contributed by atoms with van der Waals surface area (Å²) < 4.78 is 1.85. The number of hydrogen-bond acceptors (Lipinski definition) is 3. The first kappa shape index (κ1) is 11.1. The molecular weight excluding hydrogens is 202 g/mol. The summed E-state index contributed by atoms with van der Waals surface area (Å²) in [6, 6.07) is 1.89. The maximum atomic E-state index is 9.15. The fourth-order valence-corrected chi connectivity index (χ4v) is 2.02. The van der Waals surface area contributed by atoms with Crippen molar-refractivity contribution in [2.24, 2.45) is 10.4 Å². The number of nitrogens with zero attached hydrogens (tertiary/aromatic N) is 3. The molecule has 2 unspecified atom stereocenters. The summed E-state index contributed by atoms with van der Waals surface area (Å²) in [6.45, 7) is 4.24. The normalized spacial score (nSPS) is 29.2. The van der Waals surface area contributed by atoms with E-state index in [1.54, 1.807) is 6.20 Å². The van der Waals surface area contributed by atoms with Crippen molar-refractivity contribution >= 4 is 5.71 Å². The molecule has 2 atom stereocenters. The predicted octanol–water partition coefficient (Wildman–Crippen LogP) is 1.80. The number of aliphatic imine (C=N–C) groups is 1. The molecule has 0 aliphatic carbocycles. The van der Waals surface area contributed by atoms with Crippen molar-refractivity contribution in [3.63, 3.8) is 0 Å². The lowest BCUT2D eigenvalue weighted by atomic mass is 9.81. The second-order valence-corrected chi connectivity index (χ2v) is 4.44. The number of hydrogen-bond donors (Lipinski definition) is 1. The molecule has 2 heterocycles. The Hall–Kier alpha value is -1.42. The Morgan fingerprint density at radius 1 is 1.56 bits per heavy atom. The molecule has 0 radical (unpaired) electrons. The summed E-state index contributed by atoms with van der Waals surface area (Å²) in [5.74, 6) is 0. The van der Waals surface area contributed by atoms with E-state index in [1.165, 1.54) is 0 Å². The first-order valence-corrected chi connectivity index (χ1v) is 5.49. The van der Waals surface area contributed by atoms with Crippen LogP contribution in [0.15, 0.2) is 35.6 Å². The molecule has 16 heavy (non-hydrogen) atoms. The zero-order chi connectivity index (χ0) is 11.6. The minimum absolute atomic E-state index is 0.0559. The number of dihydropyridines is 1. The van der Waals surface area contributed by atoms with Gasteiger partial charge < -0.3 is 5.11 Å². The van der Waals surface area contributed by atoms with Gasteiger partial charge in [0.25, 0.3) is 0 Å². The minimum atomic E-state index is -0.166. The summed E-state index contributed by atoms with van der Waals surface area (Å²) in [6.07, 6.45) is 8.43. The van der Waals surface area contributed by atoms with E-state index in [4.69, 9.17) is 5.11 Å². The Bertz CT molecular complexity index is 408. The molecular formula is C12H17N3O. The van der Waals surface area contributed by atoms with E-state index in [9.17, 15) is 0 Å². The van der Waals surface area contributed by atoms with Crippen molar-refractivity contribution in [1.82, 2.24) is 9.78 Å².